The van der Waals surface area contributed by atoms with E-state index in [1.54, 1.807) is 6.07 Å². The highest BCUT2D eigenvalue weighted by Crippen LogP contribution is 2.23. The summed E-state index contributed by atoms with van der Waals surface area (Å²) in [6.07, 6.45) is 3.03. The van der Waals surface area contributed by atoms with Gasteiger partial charge in [0.15, 0.2) is 0 Å². The summed E-state index contributed by atoms with van der Waals surface area (Å²) in [6, 6.07) is 5.30. The number of anilines is 1. The van der Waals surface area contributed by atoms with Crippen LogP contribution in [-0.4, -0.2) is 36.5 Å². The van der Waals surface area contributed by atoms with Gasteiger partial charge in [-0.25, -0.2) is 4.79 Å². The van der Waals surface area contributed by atoms with Gasteiger partial charge in [-0.15, -0.1) is 0 Å². The van der Waals surface area contributed by atoms with Gasteiger partial charge < -0.3 is 15.5 Å². The van der Waals surface area contributed by atoms with Crippen LogP contribution in [0.25, 0.3) is 0 Å². The fourth-order valence-corrected chi connectivity index (χ4v) is 2.78. The lowest BCUT2D eigenvalue weighted by atomic mass is 10.1. The minimum Gasteiger partial charge on any atom is -0.339 e. The summed E-state index contributed by atoms with van der Waals surface area (Å²) in [6.45, 7) is 8.37. The molecule has 1 saturated heterocycles. The molecule has 1 aromatic rings. The molecule has 1 aliphatic rings. The fourth-order valence-electron chi connectivity index (χ4n) is 2.78. The van der Waals surface area contributed by atoms with Crippen molar-refractivity contribution in [2.45, 2.75) is 40.0 Å². The molecule has 0 aliphatic carbocycles. The van der Waals surface area contributed by atoms with Crippen LogP contribution < -0.4 is 10.6 Å². The standard InChI is InChI=1S/C18H27N3O2/c1-13(2)9-10-19-18(23)20-15-8-6-7-14(3)16(15)17(22)21-11-4-5-12-21/h6-8,13H,4-5,9-12H2,1-3H3,(H2,19,20,23). The predicted octanol–water partition coefficient (Wildman–Crippen LogP) is 3.40. The van der Waals surface area contributed by atoms with Gasteiger partial charge in [-0.2, -0.15) is 0 Å². The van der Waals surface area contributed by atoms with Crippen molar-refractivity contribution in [1.82, 2.24) is 10.2 Å². The molecular weight excluding hydrogens is 290 g/mol. The number of aryl methyl sites for hydroxylation is 1. The zero-order valence-corrected chi connectivity index (χ0v) is 14.3. The number of rotatable bonds is 5. The van der Waals surface area contributed by atoms with E-state index in [4.69, 9.17) is 0 Å². The Labute approximate surface area is 138 Å². The fraction of sp³-hybridized carbons (Fsp3) is 0.556. The second kappa shape index (κ2) is 7.99. The summed E-state index contributed by atoms with van der Waals surface area (Å²) in [7, 11) is 0. The van der Waals surface area contributed by atoms with Crippen LogP contribution in [0.3, 0.4) is 0 Å². The number of nitrogens with zero attached hydrogens (tertiary/aromatic N) is 1. The number of hydrogen-bond donors (Lipinski definition) is 2. The molecule has 0 spiro atoms. The van der Waals surface area contributed by atoms with E-state index >= 15 is 0 Å². The van der Waals surface area contributed by atoms with Crippen molar-refractivity contribution in [3.63, 3.8) is 0 Å². The average molecular weight is 317 g/mol. The van der Waals surface area contributed by atoms with Gasteiger partial charge in [-0.3, -0.25) is 4.79 Å². The van der Waals surface area contributed by atoms with Gasteiger partial charge in [0.05, 0.1) is 11.3 Å². The van der Waals surface area contributed by atoms with Crippen molar-refractivity contribution in [1.29, 1.82) is 0 Å². The normalized spacial score (nSPS) is 14.2. The maximum atomic E-state index is 12.7. The molecule has 1 fully saturated rings. The van der Waals surface area contributed by atoms with Gasteiger partial charge in [-0.1, -0.05) is 26.0 Å². The first-order valence-electron chi connectivity index (χ1n) is 8.42. The first kappa shape index (κ1) is 17.3. The summed E-state index contributed by atoms with van der Waals surface area (Å²) in [5.74, 6) is 0.555. The van der Waals surface area contributed by atoms with Gasteiger partial charge >= 0.3 is 6.03 Å². The number of nitrogens with one attached hydrogen (secondary N) is 2. The summed E-state index contributed by atoms with van der Waals surface area (Å²) in [4.78, 5) is 26.6. The number of carbonyl (C=O) groups excluding carboxylic acids is 2. The van der Waals surface area contributed by atoms with E-state index in [1.807, 2.05) is 24.0 Å². The lowest BCUT2D eigenvalue weighted by molar-refractivity contribution is 0.0793. The second-order valence-electron chi connectivity index (χ2n) is 6.56. The van der Waals surface area contributed by atoms with Crippen molar-refractivity contribution in [2.24, 2.45) is 5.92 Å². The van der Waals surface area contributed by atoms with Crippen molar-refractivity contribution in [3.8, 4) is 0 Å². The SMILES string of the molecule is Cc1cccc(NC(=O)NCCC(C)C)c1C(=O)N1CCCC1. The Kier molecular flexibility index (Phi) is 6.02. The molecule has 0 unspecified atom stereocenters. The maximum absolute atomic E-state index is 12.7. The maximum Gasteiger partial charge on any atom is 0.319 e. The van der Waals surface area contributed by atoms with Gasteiger partial charge in [-0.05, 0) is 43.7 Å². The van der Waals surface area contributed by atoms with Crippen LogP contribution in [0, 0.1) is 12.8 Å². The van der Waals surface area contributed by atoms with Gasteiger partial charge in [0.25, 0.3) is 5.91 Å². The van der Waals surface area contributed by atoms with E-state index < -0.39 is 0 Å². The summed E-state index contributed by atoms with van der Waals surface area (Å²) >= 11 is 0. The molecule has 3 amide bonds. The number of carbonyl (C=O) groups is 2. The number of hydrogen-bond acceptors (Lipinski definition) is 2. The van der Waals surface area contributed by atoms with E-state index in [9.17, 15) is 9.59 Å². The second-order valence-corrected chi connectivity index (χ2v) is 6.56. The van der Waals surface area contributed by atoms with E-state index in [1.165, 1.54) is 0 Å². The molecule has 1 aliphatic heterocycles. The Bertz CT molecular complexity index is 563. The van der Waals surface area contributed by atoms with Crippen LogP contribution in [0.15, 0.2) is 18.2 Å². The average Bonchev–Trinajstić information content (AvgIpc) is 3.00. The summed E-state index contributed by atoms with van der Waals surface area (Å²) in [5, 5.41) is 5.67. The molecule has 0 saturated carbocycles. The van der Waals surface area contributed by atoms with Gasteiger partial charge in [0.2, 0.25) is 0 Å². The molecule has 5 nitrogen and oxygen atoms in total. The lowest BCUT2D eigenvalue weighted by Gasteiger charge is -2.20. The molecule has 5 heteroatoms. The van der Waals surface area contributed by atoms with E-state index in [0.717, 1.165) is 37.9 Å². The number of amides is 3. The molecule has 126 valence electrons. The van der Waals surface area contributed by atoms with Gasteiger partial charge in [0.1, 0.15) is 0 Å². The summed E-state index contributed by atoms with van der Waals surface area (Å²) in [5.41, 5.74) is 2.08. The zero-order chi connectivity index (χ0) is 16.8. The Morgan fingerprint density at radius 3 is 2.57 bits per heavy atom. The van der Waals surface area contributed by atoms with E-state index in [0.29, 0.717) is 23.7 Å². The molecule has 0 bridgehead atoms. The number of likely N-dealkylation sites (tertiary alicyclic amines) is 1. The van der Waals surface area contributed by atoms with Crippen molar-refractivity contribution in [2.75, 3.05) is 25.0 Å². The molecule has 1 aromatic carbocycles. The number of benzene rings is 1. The van der Waals surface area contributed by atoms with Crippen LogP contribution in [0.2, 0.25) is 0 Å². The molecule has 1 heterocycles. The highest BCUT2D eigenvalue weighted by atomic mass is 16.2. The smallest absolute Gasteiger partial charge is 0.319 e. The van der Waals surface area contributed by atoms with Crippen molar-refractivity contribution in [3.05, 3.63) is 29.3 Å². The third-order valence-electron chi connectivity index (χ3n) is 4.14. The molecular formula is C18H27N3O2. The minimum absolute atomic E-state index is 0.0121. The number of urea groups is 1. The van der Waals surface area contributed by atoms with Crippen molar-refractivity contribution < 1.29 is 9.59 Å². The monoisotopic (exact) mass is 317 g/mol. The Morgan fingerprint density at radius 2 is 1.91 bits per heavy atom. The van der Waals surface area contributed by atoms with Crippen LogP contribution in [-0.2, 0) is 0 Å². The van der Waals surface area contributed by atoms with Crippen LogP contribution in [0.5, 0.6) is 0 Å². The molecule has 0 aromatic heterocycles. The summed E-state index contributed by atoms with van der Waals surface area (Å²) < 4.78 is 0. The van der Waals surface area contributed by atoms with Crippen LogP contribution in [0.1, 0.15) is 49.0 Å². The third-order valence-corrected chi connectivity index (χ3v) is 4.14. The molecule has 2 rings (SSSR count). The Morgan fingerprint density at radius 1 is 1.22 bits per heavy atom. The first-order chi connectivity index (χ1) is 11.0. The predicted molar refractivity (Wildman–Crippen MR) is 92.8 cm³/mol. The zero-order valence-electron chi connectivity index (χ0n) is 14.3. The first-order valence-corrected chi connectivity index (χ1v) is 8.42. The quantitative estimate of drug-likeness (QED) is 0.874. The van der Waals surface area contributed by atoms with E-state index in [-0.39, 0.29) is 11.9 Å². The molecule has 0 atom stereocenters. The van der Waals surface area contributed by atoms with Crippen molar-refractivity contribution >= 4 is 17.6 Å². The molecule has 2 N–H and O–H groups in total. The third kappa shape index (κ3) is 4.71. The van der Waals surface area contributed by atoms with Gasteiger partial charge in [0, 0.05) is 19.6 Å². The largest absolute Gasteiger partial charge is 0.339 e. The Hall–Kier alpha value is -2.04. The van der Waals surface area contributed by atoms with E-state index in [2.05, 4.69) is 24.5 Å². The van der Waals surface area contributed by atoms with Crippen LogP contribution in [0.4, 0.5) is 10.5 Å². The van der Waals surface area contributed by atoms with Crippen LogP contribution >= 0.6 is 0 Å². The molecule has 23 heavy (non-hydrogen) atoms. The molecule has 0 radical (unpaired) electrons. The highest BCUT2D eigenvalue weighted by Gasteiger charge is 2.23. The topological polar surface area (TPSA) is 61.4 Å². The highest BCUT2D eigenvalue weighted by molar-refractivity contribution is 6.04. The minimum atomic E-state index is -0.258. The lowest BCUT2D eigenvalue weighted by Crippen LogP contribution is -2.33. The Balaban J connectivity index is 2.08.